The van der Waals surface area contributed by atoms with Gasteiger partial charge in [0.05, 0.1) is 25.2 Å². The largest absolute Gasteiger partial charge is 0.496 e. The summed E-state index contributed by atoms with van der Waals surface area (Å²) in [4.78, 5) is 39.7. The van der Waals surface area contributed by atoms with E-state index in [9.17, 15) is 14.4 Å². The SMILES string of the molecule is CCOC(=O)[C@@H]1CCCN(C(=O)[C@@H](CCSC)NC(=O)c2ccccc2OC)C1. The number of hydrogen-bond acceptors (Lipinski definition) is 6. The number of rotatable bonds is 9. The lowest BCUT2D eigenvalue weighted by atomic mass is 9.97. The third-order valence-electron chi connectivity index (χ3n) is 4.92. The van der Waals surface area contributed by atoms with E-state index in [-0.39, 0.29) is 23.7 Å². The van der Waals surface area contributed by atoms with Gasteiger partial charge in [0.2, 0.25) is 5.91 Å². The molecule has 0 saturated carbocycles. The predicted molar refractivity (Wildman–Crippen MR) is 113 cm³/mol. The number of thioether (sulfide) groups is 1. The zero-order valence-electron chi connectivity index (χ0n) is 17.3. The molecule has 160 valence electrons. The molecule has 1 aliphatic heterocycles. The van der Waals surface area contributed by atoms with E-state index in [4.69, 9.17) is 9.47 Å². The summed E-state index contributed by atoms with van der Waals surface area (Å²) in [5.74, 6) is 0.124. The number of esters is 1. The van der Waals surface area contributed by atoms with Crippen molar-refractivity contribution in [2.45, 2.75) is 32.2 Å². The van der Waals surface area contributed by atoms with Crippen molar-refractivity contribution in [3.05, 3.63) is 29.8 Å². The molecule has 1 saturated heterocycles. The maximum atomic E-state index is 13.2. The van der Waals surface area contributed by atoms with E-state index < -0.39 is 6.04 Å². The number of para-hydroxylation sites is 1. The number of nitrogens with zero attached hydrogens (tertiary/aromatic N) is 1. The molecule has 0 radical (unpaired) electrons. The van der Waals surface area contributed by atoms with Crippen LogP contribution in [0.3, 0.4) is 0 Å². The van der Waals surface area contributed by atoms with Gasteiger partial charge in [-0.2, -0.15) is 11.8 Å². The van der Waals surface area contributed by atoms with Crippen molar-refractivity contribution in [1.29, 1.82) is 0 Å². The molecular weight excluding hydrogens is 392 g/mol. The molecule has 1 heterocycles. The molecule has 2 rings (SSSR count). The van der Waals surface area contributed by atoms with E-state index in [1.165, 1.54) is 7.11 Å². The van der Waals surface area contributed by atoms with Crippen molar-refractivity contribution in [1.82, 2.24) is 10.2 Å². The Kier molecular flexibility index (Phi) is 9.31. The van der Waals surface area contributed by atoms with Crippen LogP contribution in [0.15, 0.2) is 24.3 Å². The average Bonchev–Trinajstić information content (AvgIpc) is 2.76. The van der Waals surface area contributed by atoms with Crippen LogP contribution in [0.25, 0.3) is 0 Å². The van der Waals surface area contributed by atoms with Crippen molar-refractivity contribution in [3.8, 4) is 5.75 Å². The van der Waals surface area contributed by atoms with Gasteiger partial charge in [0, 0.05) is 13.1 Å². The van der Waals surface area contributed by atoms with Crippen LogP contribution in [0.5, 0.6) is 5.75 Å². The number of carbonyl (C=O) groups is 3. The van der Waals surface area contributed by atoms with Gasteiger partial charge in [0.1, 0.15) is 11.8 Å². The molecular formula is C21H30N2O5S. The highest BCUT2D eigenvalue weighted by Gasteiger charge is 2.33. The first-order valence-electron chi connectivity index (χ1n) is 9.90. The van der Waals surface area contributed by atoms with Gasteiger partial charge in [-0.05, 0) is 50.3 Å². The van der Waals surface area contributed by atoms with Gasteiger partial charge in [-0.25, -0.2) is 0 Å². The molecule has 0 aliphatic carbocycles. The van der Waals surface area contributed by atoms with Crippen molar-refractivity contribution in [3.63, 3.8) is 0 Å². The van der Waals surface area contributed by atoms with Crippen molar-refractivity contribution >= 4 is 29.5 Å². The molecule has 0 bridgehead atoms. The second-order valence-corrected chi connectivity index (χ2v) is 7.87. The Balaban J connectivity index is 2.11. The molecule has 0 spiro atoms. The number of likely N-dealkylation sites (tertiary alicyclic amines) is 1. The Hall–Kier alpha value is -2.22. The maximum Gasteiger partial charge on any atom is 0.310 e. The van der Waals surface area contributed by atoms with E-state index in [1.54, 1.807) is 47.9 Å². The molecule has 1 aromatic rings. The summed E-state index contributed by atoms with van der Waals surface area (Å²) in [6.45, 7) is 3.01. The highest BCUT2D eigenvalue weighted by atomic mass is 32.2. The lowest BCUT2D eigenvalue weighted by Gasteiger charge is -2.34. The smallest absolute Gasteiger partial charge is 0.310 e. The van der Waals surface area contributed by atoms with Gasteiger partial charge >= 0.3 is 5.97 Å². The van der Waals surface area contributed by atoms with Crippen molar-refractivity contribution in [2.75, 3.05) is 38.8 Å². The highest BCUT2D eigenvalue weighted by Crippen LogP contribution is 2.21. The number of hydrogen-bond donors (Lipinski definition) is 1. The number of benzene rings is 1. The van der Waals surface area contributed by atoms with E-state index >= 15 is 0 Å². The second kappa shape index (κ2) is 11.7. The number of carbonyl (C=O) groups excluding carboxylic acids is 3. The number of piperidine rings is 1. The molecule has 2 atom stereocenters. The van der Waals surface area contributed by atoms with Crippen LogP contribution in [0, 0.1) is 5.92 Å². The van der Waals surface area contributed by atoms with E-state index in [0.29, 0.717) is 43.9 Å². The number of nitrogens with one attached hydrogen (secondary N) is 1. The zero-order valence-corrected chi connectivity index (χ0v) is 18.1. The molecule has 1 N–H and O–H groups in total. The molecule has 1 aliphatic rings. The Labute approximate surface area is 176 Å². The molecule has 2 amide bonds. The van der Waals surface area contributed by atoms with Gasteiger partial charge in [0.25, 0.3) is 5.91 Å². The first kappa shape index (κ1) is 23.1. The summed E-state index contributed by atoms with van der Waals surface area (Å²) in [6.07, 6.45) is 3.93. The average molecular weight is 423 g/mol. The summed E-state index contributed by atoms with van der Waals surface area (Å²) in [7, 11) is 1.51. The topological polar surface area (TPSA) is 84.9 Å². The third-order valence-corrected chi connectivity index (χ3v) is 5.56. The summed E-state index contributed by atoms with van der Waals surface area (Å²) in [6, 6.07) is 6.27. The van der Waals surface area contributed by atoms with Crippen molar-refractivity contribution in [2.24, 2.45) is 5.92 Å². The van der Waals surface area contributed by atoms with Crippen molar-refractivity contribution < 1.29 is 23.9 Å². The quantitative estimate of drug-likeness (QED) is 0.615. The normalized spacial score (nSPS) is 17.3. The Morgan fingerprint density at radius 1 is 1.31 bits per heavy atom. The van der Waals surface area contributed by atoms with Crippen LogP contribution in [-0.2, 0) is 14.3 Å². The molecule has 1 aromatic carbocycles. The van der Waals surface area contributed by atoms with E-state index in [0.717, 1.165) is 12.2 Å². The zero-order chi connectivity index (χ0) is 21.2. The summed E-state index contributed by atoms with van der Waals surface area (Å²) in [5.41, 5.74) is 0.389. The highest BCUT2D eigenvalue weighted by molar-refractivity contribution is 7.98. The Morgan fingerprint density at radius 2 is 2.07 bits per heavy atom. The molecule has 29 heavy (non-hydrogen) atoms. The second-order valence-electron chi connectivity index (χ2n) is 6.88. The van der Waals surface area contributed by atoms with Crippen LogP contribution in [0.2, 0.25) is 0 Å². The van der Waals surface area contributed by atoms with Gasteiger partial charge < -0.3 is 19.7 Å². The molecule has 8 heteroatoms. The summed E-state index contributed by atoms with van der Waals surface area (Å²) < 4.78 is 10.4. The fourth-order valence-corrected chi connectivity index (χ4v) is 3.88. The fourth-order valence-electron chi connectivity index (χ4n) is 3.41. The first-order valence-corrected chi connectivity index (χ1v) is 11.3. The number of ether oxygens (including phenoxy) is 2. The van der Waals surface area contributed by atoms with Crippen LogP contribution in [-0.4, -0.2) is 67.5 Å². The van der Waals surface area contributed by atoms with Gasteiger partial charge in [-0.15, -0.1) is 0 Å². The van der Waals surface area contributed by atoms with Gasteiger partial charge in [0.15, 0.2) is 0 Å². The van der Waals surface area contributed by atoms with Crippen LogP contribution < -0.4 is 10.1 Å². The Morgan fingerprint density at radius 3 is 2.76 bits per heavy atom. The number of amides is 2. The summed E-state index contributed by atoms with van der Waals surface area (Å²) >= 11 is 1.62. The minimum atomic E-state index is -0.652. The van der Waals surface area contributed by atoms with Gasteiger partial charge in [-0.3, -0.25) is 14.4 Å². The number of methoxy groups -OCH3 is 1. The first-order chi connectivity index (χ1) is 14.0. The van der Waals surface area contributed by atoms with E-state index in [1.807, 2.05) is 6.26 Å². The molecule has 0 aromatic heterocycles. The molecule has 7 nitrogen and oxygen atoms in total. The van der Waals surface area contributed by atoms with E-state index in [2.05, 4.69) is 5.32 Å². The third kappa shape index (κ3) is 6.39. The minimum Gasteiger partial charge on any atom is -0.496 e. The molecule has 0 unspecified atom stereocenters. The van der Waals surface area contributed by atoms with Gasteiger partial charge in [-0.1, -0.05) is 12.1 Å². The Bertz CT molecular complexity index is 712. The lowest BCUT2D eigenvalue weighted by Crippen LogP contribution is -2.52. The predicted octanol–water partition coefficient (Wildman–Crippen LogP) is 2.35. The monoisotopic (exact) mass is 422 g/mol. The molecule has 1 fully saturated rings. The fraction of sp³-hybridized carbons (Fsp3) is 0.571. The maximum absolute atomic E-state index is 13.2. The minimum absolute atomic E-state index is 0.156. The van der Waals surface area contributed by atoms with Crippen LogP contribution in [0.4, 0.5) is 0 Å². The summed E-state index contributed by atoms with van der Waals surface area (Å²) in [5, 5.41) is 2.87. The van der Waals surface area contributed by atoms with Crippen LogP contribution >= 0.6 is 11.8 Å². The lowest BCUT2D eigenvalue weighted by molar-refractivity contribution is -0.151. The van der Waals surface area contributed by atoms with Crippen LogP contribution in [0.1, 0.15) is 36.5 Å². The standard InChI is InChI=1S/C21H30N2O5S/c1-4-28-21(26)15-8-7-12-23(14-15)20(25)17(11-13-29-3)22-19(24)16-9-5-6-10-18(16)27-2/h5-6,9-10,15,17H,4,7-8,11-14H2,1-3H3,(H,22,24)/t15-,17-/m1/s1.